The topological polar surface area (TPSA) is 54.0 Å². The van der Waals surface area contributed by atoms with Crippen LogP contribution < -0.4 is 10.9 Å². The number of nitrogens with zero attached hydrogens (tertiary/aromatic N) is 1. The minimum absolute atomic E-state index is 0.142. The summed E-state index contributed by atoms with van der Waals surface area (Å²) in [6.07, 6.45) is 0.333. The number of rotatable bonds is 6. The molecule has 1 aromatic heterocycles. The fraction of sp³-hybridized carbons (Fsp3) is 0.176. The normalized spacial score (nSPS) is 10.8. The van der Waals surface area contributed by atoms with E-state index in [0.29, 0.717) is 22.3 Å². The quantitative estimate of drug-likeness (QED) is 0.454. The van der Waals surface area contributed by atoms with Crippen LogP contribution in [-0.2, 0) is 4.79 Å². The van der Waals surface area contributed by atoms with E-state index in [9.17, 15) is 9.18 Å². The Morgan fingerprint density at radius 1 is 1.28 bits per heavy atom. The number of amides is 1. The van der Waals surface area contributed by atoms with E-state index in [4.69, 9.17) is 11.6 Å². The molecule has 0 aliphatic carbocycles. The number of nitrogens with one attached hydrogen (secondary N) is 2. The van der Waals surface area contributed by atoms with Crippen LogP contribution in [0.4, 0.5) is 9.52 Å². The number of carbonyl (C=O) groups excluding carboxylic acids is 1. The zero-order chi connectivity index (χ0) is 17.8. The van der Waals surface area contributed by atoms with Crippen LogP contribution in [0.1, 0.15) is 12.0 Å². The van der Waals surface area contributed by atoms with Gasteiger partial charge in [-0.05, 0) is 42.8 Å². The molecule has 0 bridgehead atoms. The predicted molar refractivity (Wildman–Crippen MR) is 103 cm³/mol. The lowest BCUT2D eigenvalue weighted by molar-refractivity contribution is -0.120. The third-order valence-corrected chi connectivity index (χ3v) is 5.86. The van der Waals surface area contributed by atoms with Gasteiger partial charge in [-0.15, -0.1) is 11.8 Å². The van der Waals surface area contributed by atoms with Crippen LogP contribution in [-0.4, -0.2) is 16.6 Å². The van der Waals surface area contributed by atoms with E-state index in [-0.39, 0.29) is 11.7 Å². The number of thiazole rings is 1. The third-order valence-electron chi connectivity index (χ3n) is 3.42. The number of benzene rings is 2. The summed E-state index contributed by atoms with van der Waals surface area (Å²) < 4.78 is 13.7. The third kappa shape index (κ3) is 4.62. The second-order valence-corrected chi connectivity index (χ2v) is 7.86. The molecule has 3 aromatic rings. The first kappa shape index (κ1) is 18.0. The second kappa shape index (κ2) is 8.03. The zero-order valence-corrected chi connectivity index (χ0v) is 15.7. The Balaban J connectivity index is 1.50. The van der Waals surface area contributed by atoms with Crippen molar-refractivity contribution in [3.05, 3.63) is 52.8 Å². The molecule has 2 N–H and O–H groups in total. The lowest BCUT2D eigenvalue weighted by atomic mass is 10.2. The van der Waals surface area contributed by atoms with Crippen LogP contribution >= 0.6 is 34.7 Å². The van der Waals surface area contributed by atoms with E-state index >= 15 is 0 Å². The van der Waals surface area contributed by atoms with Crippen LogP contribution in [0.2, 0.25) is 5.02 Å². The van der Waals surface area contributed by atoms with Crippen LogP contribution in [0.25, 0.3) is 10.2 Å². The molecule has 0 spiro atoms. The molecule has 0 fully saturated rings. The molecular weight excluding hydrogens is 381 g/mol. The number of anilines is 1. The van der Waals surface area contributed by atoms with Gasteiger partial charge in [0.1, 0.15) is 5.82 Å². The van der Waals surface area contributed by atoms with Gasteiger partial charge in [0.05, 0.1) is 15.2 Å². The number of hydrogen-bond donors (Lipinski definition) is 2. The summed E-state index contributed by atoms with van der Waals surface area (Å²) in [6, 6.07) is 9.97. The zero-order valence-electron chi connectivity index (χ0n) is 13.3. The van der Waals surface area contributed by atoms with Crippen molar-refractivity contribution in [2.45, 2.75) is 18.2 Å². The Morgan fingerprint density at radius 2 is 2.04 bits per heavy atom. The fourth-order valence-corrected chi connectivity index (χ4v) is 4.15. The van der Waals surface area contributed by atoms with Gasteiger partial charge in [-0.2, -0.15) is 0 Å². The number of thioether (sulfide) groups is 1. The monoisotopic (exact) mass is 395 g/mol. The number of aryl methyl sites for hydroxylation is 1. The van der Waals surface area contributed by atoms with E-state index in [1.807, 2.05) is 19.1 Å². The van der Waals surface area contributed by atoms with Gasteiger partial charge in [-0.25, -0.2) is 9.37 Å². The molecule has 0 unspecified atom stereocenters. The second-order valence-electron chi connectivity index (χ2n) is 5.29. The molecule has 0 aliphatic rings. The van der Waals surface area contributed by atoms with Gasteiger partial charge in [0.15, 0.2) is 0 Å². The highest BCUT2D eigenvalue weighted by Crippen LogP contribution is 2.33. The summed E-state index contributed by atoms with van der Waals surface area (Å²) >= 11 is 9.06. The van der Waals surface area contributed by atoms with Crippen molar-refractivity contribution in [2.24, 2.45) is 0 Å². The van der Waals surface area contributed by atoms with Crippen LogP contribution in [0.15, 0.2) is 41.3 Å². The van der Waals surface area contributed by atoms with Crippen molar-refractivity contribution in [1.82, 2.24) is 10.4 Å². The SMILES string of the molecule is Cc1ccc(Cl)c2sc(NNC(=O)CCSc3ccc(F)cc3)nc12. The van der Waals surface area contributed by atoms with Gasteiger partial charge in [0.2, 0.25) is 11.0 Å². The average Bonchev–Trinajstić information content (AvgIpc) is 3.04. The molecule has 0 radical (unpaired) electrons. The number of fused-ring (bicyclic) bond motifs is 1. The smallest absolute Gasteiger partial charge is 0.239 e. The standard InChI is InChI=1S/C17H15ClFN3OS2/c1-10-2-7-13(18)16-15(10)20-17(25-16)22-21-14(23)8-9-24-12-5-3-11(19)4-6-12/h2-7H,8-9H2,1H3,(H,20,22)(H,21,23). The highest BCUT2D eigenvalue weighted by molar-refractivity contribution is 7.99. The lowest BCUT2D eigenvalue weighted by Gasteiger charge is -2.05. The maximum Gasteiger partial charge on any atom is 0.239 e. The van der Waals surface area contributed by atoms with E-state index in [0.717, 1.165) is 20.7 Å². The minimum Gasteiger partial charge on any atom is -0.273 e. The summed E-state index contributed by atoms with van der Waals surface area (Å²) in [7, 11) is 0. The van der Waals surface area contributed by atoms with Crippen LogP contribution in [0.5, 0.6) is 0 Å². The van der Waals surface area contributed by atoms with Crippen molar-refractivity contribution in [3.8, 4) is 0 Å². The molecule has 25 heavy (non-hydrogen) atoms. The largest absolute Gasteiger partial charge is 0.273 e. The van der Waals surface area contributed by atoms with Crippen molar-refractivity contribution >= 4 is 56.0 Å². The molecule has 2 aromatic carbocycles. The molecule has 3 rings (SSSR count). The Labute approximate surface area is 157 Å². The highest BCUT2D eigenvalue weighted by atomic mass is 35.5. The molecule has 8 heteroatoms. The molecule has 0 saturated heterocycles. The average molecular weight is 396 g/mol. The molecule has 1 heterocycles. The Morgan fingerprint density at radius 3 is 2.76 bits per heavy atom. The van der Waals surface area contributed by atoms with Gasteiger partial charge in [-0.3, -0.25) is 15.6 Å². The summed E-state index contributed by atoms with van der Waals surface area (Å²) in [4.78, 5) is 17.3. The number of hydrazine groups is 1. The van der Waals surface area contributed by atoms with Gasteiger partial charge >= 0.3 is 0 Å². The van der Waals surface area contributed by atoms with Gasteiger partial charge in [0, 0.05) is 17.1 Å². The molecule has 0 saturated carbocycles. The molecule has 0 atom stereocenters. The summed E-state index contributed by atoms with van der Waals surface area (Å²) in [5.74, 6) is 0.193. The minimum atomic E-state index is -0.266. The van der Waals surface area contributed by atoms with Gasteiger partial charge in [0.25, 0.3) is 0 Å². The molecule has 130 valence electrons. The maximum atomic E-state index is 12.8. The van der Waals surface area contributed by atoms with E-state index in [1.165, 1.54) is 35.2 Å². The van der Waals surface area contributed by atoms with E-state index < -0.39 is 0 Å². The molecule has 0 aliphatic heterocycles. The maximum absolute atomic E-state index is 12.8. The highest BCUT2D eigenvalue weighted by Gasteiger charge is 2.10. The number of halogens is 2. The van der Waals surface area contributed by atoms with Gasteiger partial charge in [-0.1, -0.05) is 29.0 Å². The van der Waals surface area contributed by atoms with Crippen molar-refractivity contribution in [1.29, 1.82) is 0 Å². The first-order chi connectivity index (χ1) is 12.0. The number of carbonyl (C=O) groups is 1. The fourth-order valence-electron chi connectivity index (χ4n) is 2.13. The lowest BCUT2D eigenvalue weighted by Crippen LogP contribution is -2.29. The Bertz CT molecular complexity index is 860. The Hall–Kier alpha value is -1.83. The van der Waals surface area contributed by atoms with Crippen molar-refractivity contribution < 1.29 is 9.18 Å². The van der Waals surface area contributed by atoms with Crippen molar-refractivity contribution in [3.63, 3.8) is 0 Å². The first-order valence-electron chi connectivity index (χ1n) is 7.52. The van der Waals surface area contributed by atoms with Crippen molar-refractivity contribution in [2.75, 3.05) is 11.2 Å². The van der Waals surface area contributed by atoms with Gasteiger partial charge < -0.3 is 0 Å². The van der Waals surface area contributed by atoms with Crippen LogP contribution in [0, 0.1) is 12.7 Å². The molecular formula is C17H15ClFN3OS2. The summed E-state index contributed by atoms with van der Waals surface area (Å²) in [5.41, 5.74) is 7.34. The predicted octanol–water partition coefficient (Wildman–Crippen LogP) is 5.02. The Kier molecular flexibility index (Phi) is 5.78. The van der Waals surface area contributed by atoms with E-state index in [2.05, 4.69) is 15.8 Å². The number of aromatic nitrogens is 1. The van der Waals surface area contributed by atoms with E-state index in [1.54, 1.807) is 12.1 Å². The molecule has 4 nitrogen and oxygen atoms in total. The summed E-state index contributed by atoms with van der Waals surface area (Å²) in [5, 5.41) is 1.24. The molecule has 1 amide bonds. The summed E-state index contributed by atoms with van der Waals surface area (Å²) in [6.45, 7) is 1.97. The number of hydrogen-bond acceptors (Lipinski definition) is 5. The first-order valence-corrected chi connectivity index (χ1v) is 9.70. The van der Waals surface area contributed by atoms with Crippen LogP contribution in [0.3, 0.4) is 0 Å².